The molecule has 0 spiro atoms. The molecule has 0 amide bonds. The molecule has 128 valence electrons. The van der Waals surface area contributed by atoms with Gasteiger partial charge in [-0.3, -0.25) is 0 Å². The van der Waals surface area contributed by atoms with Gasteiger partial charge >= 0.3 is 11.6 Å². The van der Waals surface area contributed by atoms with Crippen LogP contribution in [0, 0.1) is 12.7 Å². The van der Waals surface area contributed by atoms with Gasteiger partial charge in [0.05, 0.1) is 6.61 Å². The largest absolute Gasteiger partial charge is 0.462 e. The zero-order valence-corrected chi connectivity index (χ0v) is 14.0. The fraction of sp³-hybridized carbons (Fsp3) is 0.368. The van der Waals surface area contributed by atoms with Crippen LogP contribution >= 0.6 is 0 Å². The Bertz CT molecular complexity index is 820. The molecule has 2 aromatic rings. The van der Waals surface area contributed by atoms with E-state index in [4.69, 9.17) is 9.15 Å². The highest BCUT2D eigenvalue weighted by molar-refractivity contribution is 5.86. The van der Waals surface area contributed by atoms with Gasteiger partial charge in [0.15, 0.2) is 0 Å². The van der Waals surface area contributed by atoms with Crippen LogP contribution in [0.25, 0.3) is 11.0 Å². The molecule has 1 aromatic heterocycles. The lowest BCUT2D eigenvalue weighted by atomic mass is 10.0. The highest BCUT2D eigenvalue weighted by Gasteiger charge is 2.13. The van der Waals surface area contributed by atoms with E-state index in [2.05, 4.69) is 6.58 Å². The van der Waals surface area contributed by atoms with Gasteiger partial charge in [-0.05, 0) is 45.1 Å². The quantitative estimate of drug-likeness (QED) is 0.332. The number of aryl methyl sites for hydroxylation is 2. The smallest absolute Gasteiger partial charge is 0.372 e. The van der Waals surface area contributed by atoms with Crippen molar-refractivity contribution in [2.45, 2.75) is 39.5 Å². The topological polar surface area (TPSA) is 56.5 Å². The fourth-order valence-electron chi connectivity index (χ4n) is 2.49. The number of carbonyl (C=O) groups is 1. The predicted octanol–water partition coefficient (Wildman–Crippen LogP) is 4.07. The molecule has 0 saturated heterocycles. The van der Waals surface area contributed by atoms with Gasteiger partial charge in [-0.1, -0.05) is 24.8 Å². The van der Waals surface area contributed by atoms with Crippen molar-refractivity contribution in [3.63, 3.8) is 0 Å². The molecule has 4 nitrogen and oxygen atoms in total. The molecular formula is C19H21FO4. The molecule has 0 fully saturated rings. The zero-order chi connectivity index (χ0) is 17.7. The molecule has 5 heteroatoms. The Morgan fingerprint density at radius 3 is 2.75 bits per heavy atom. The number of halogens is 1. The van der Waals surface area contributed by atoms with Crippen molar-refractivity contribution in [3.05, 3.63) is 57.7 Å². The van der Waals surface area contributed by atoms with E-state index in [0.717, 1.165) is 24.8 Å². The molecule has 0 aliphatic rings. The molecule has 1 heterocycles. The number of esters is 1. The Labute approximate surface area is 139 Å². The minimum Gasteiger partial charge on any atom is -0.462 e. The summed E-state index contributed by atoms with van der Waals surface area (Å²) >= 11 is 0. The summed E-state index contributed by atoms with van der Waals surface area (Å²) in [4.78, 5) is 22.8. The molecule has 0 saturated carbocycles. The Kier molecular flexibility index (Phi) is 5.90. The average Bonchev–Trinajstić information content (AvgIpc) is 2.56. The van der Waals surface area contributed by atoms with Crippen molar-refractivity contribution in [2.24, 2.45) is 0 Å². The first-order valence-electron chi connectivity index (χ1n) is 7.95. The summed E-state index contributed by atoms with van der Waals surface area (Å²) in [6.45, 7) is 7.07. The third-order valence-electron chi connectivity index (χ3n) is 3.88. The van der Waals surface area contributed by atoms with Crippen LogP contribution in [0.3, 0.4) is 0 Å². The first-order chi connectivity index (χ1) is 11.4. The van der Waals surface area contributed by atoms with Crippen molar-refractivity contribution in [2.75, 3.05) is 6.61 Å². The third kappa shape index (κ3) is 4.10. The first kappa shape index (κ1) is 17.9. The summed E-state index contributed by atoms with van der Waals surface area (Å²) in [5, 5.41) is 0.625. The molecule has 0 bridgehead atoms. The molecule has 0 aliphatic carbocycles. The van der Waals surface area contributed by atoms with E-state index in [1.165, 1.54) is 0 Å². The monoisotopic (exact) mass is 332 g/mol. The number of benzene rings is 1. The number of hydrogen-bond acceptors (Lipinski definition) is 4. The summed E-state index contributed by atoms with van der Waals surface area (Å²) in [5.41, 5.74) is 1.11. The van der Waals surface area contributed by atoms with Crippen LogP contribution in [0.2, 0.25) is 0 Å². The maximum atomic E-state index is 13.7. The number of rotatable bonds is 7. The van der Waals surface area contributed by atoms with Crippen LogP contribution in [0.15, 0.2) is 39.6 Å². The third-order valence-corrected chi connectivity index (χ3v) is 3.88. The van der Waals surface area contributed by atoms with E-state index in [1.54, 1.807) is 19.9 Å². The second kappa shape index (κ2) is 7.90. The van der Waals surface area contributed by atoms with E-state index in [9.17, 15) is 14.0 Å². The van der Waals surface area contributed by atoms with Crippen LogP contribution in [0.4, 0.5) is 4.39 Å². The predicted molar refractivity (Wildman–Crippen MR) is 90.5 cm³/mol. The van der Waals surface area contributed by atoms with Crippen LogP contribution in [0.1, 0.15) is 37.3 Å². The van der Waals surface area contributed by atoms with E-state index in [-0.39, 0.29) is 5.97 Å². The molecule has 0 aliphatic heterocycles. The second-order valence-corrected chi connectivity index (χ2v) is 5.85. The van der Waals surface area contributed by atoms with E-state index in [0.29, 0.717) is 35.1 Å². The zero-order valence-electron chi connectivity index (χ0n) is 14.0. The van der Waals surface area contributed by atoms with E-state index in [1.807, 2.05) is 12.1 Å². The van der Waals surface area contributed by atoms with Gasteiger partial charge in [-0.15, -0.1) is 0 Å². The highest BCUT2D eigenvalue weighted by Crippen LogP contribution is 2.23. The molecule has 0 atom stereocenters. The summed E-state index contributed by atoms with van der Waals surface area (Å²) < 4.78 is 23.8. The highest BCUT2D eigenvalue weighted by atomic mass is 19.1. The number of fused-ring (bicyclic) bond motifs is 1. The number of ether oxygens (including phenoxy) is 1. The van der Waals surface area contributed by atoms with Crippen molar-refractivity contribution in [1.82, 2.24) is 0 Å². The molecule has 0 unspecified atom stereocenters. The summed E-state index contributed by atoms with van der Waals surface area (Å²) in [6.07, 6.45) is 3.18. The van der Waals surface area contributed by atoms with Crippen molar-refractivity contribution in [1.29, 1.82) is 0 Å². The lowest BCUT2D eigenvalue weighted by Gasteiger charge is -2.08. The summed E-state index contributed by atoms with van der Waals surface area (Å²) in [6, 6.07) is 5.46. The van der Waals surface area contributed by atoms with Crippen molar-refractivity contribution in [3.8, 4) is 0 Å². The first-order valence-corrected chi connectivity index (χ1v) is 7.95. The van der Waals surface area contributed by atoms with E-state index < -0.39 is 11.4 Å². The number of unbranched alkanes of at least 4 members (excludes halogenated alkanes) is 2. The minimum atomic E-state index is -0.931. The van der Waals surface area contributed by atoms with E-state index >= 15 is 0 Å². The van der Waals surface area contributed by atoms with Gasteiger partial charge in [-0.2, -0.15) is 4.39 Å². The molecule has 0 radical (unpaired) electrons. The Balaban J connectivity index is 1.95. The Morgan fingerprint density at radius 2 is 2.04 bits per heavy atom. The number of hydrogen-bond donors (Lipinski definition) is 0. The van der Waals surface area contributed by atoms with Gasteiger partial charge < -0.3 is 9.15 Å². The Hall–Kier alpha value is -2.43. The standard InChI is InChI=1S/C19H21FO4/c1-12(2)18(21)23-11-6-4-5-8-14-9-7-10-15-13(3)16(20)19(22)24-17(14)15/h7,9-10H,1,4-6,8,11H2,2-3H3. The minimum absolute atomic E-state index is 0.315. The second-order valence-electron chi connectivity index (χ2n) is 5.85. The molecule has 1 aromatic carbocycles. The van der Waals surface area contributed by atoms with Crippen molar-refractivity contribution < 1.29 is 18.3 Å². The van der Waals surface area contributed by atoms with Crippen LogP contribution in [-0.4, -0.2) is 12.6 Å². The van der Waals surface area contributed by atoms with Crippen LogP contribution < -0.4 is 5.63 Å². The molecule has 24 heavy (non-hydrogen) atoms. The van der Waals surface area contributed by atoms with Gasteiger partial charge in [0, 0.05) is 16.5 Å². The van der Waals surface area contributed by atoms with Gasteiger partial charge in [-0.25, -0.2) is 9.59 Å². The molecular weight excluding hydrogens is 311 g/mol. The Morgan fingerprint density at radius 1 is 1.29 bits per heavy atom. The lowest BCUT2D eigenvalue weighted by Crippen LogP contribution is -2.08. The van der Waals surface area contributed by atoms with Gasteiger partial charge in [0.25, 0.3) is 0 Å². The van der Waals surface area contributed by atoms with Gasteiger partial charge in [0.2, 0.25) is 5.82 Å². The summed E-state index contributed by atoms with van der Waals surface area (Å²) in [7, 11) is 0. The fourth-order valence-corrected chi connectivity index (χ4v) is 2.49. The molecule has 0 N–H and O–H groups in total. The van der Waals surface area contributed by atoms with Gasteiger partial charge in [0.1, 0.15) is 5.58 Å². The van der Waals surface area contributed by atoms with Crippen LogP contribution in [-0.2, 0) is 16.0 Å². The molecule has 2 rings (SSSR count). The maximum Gasteiger partial charge on any atom is 0.372 e. The van der Waals surface area contributed by atoms with Crippen molar-refractivity contribution >= 4 is 16.9 Å². The maximum absolute atomic E-state index is 13.7. The average molecular weight is 332 g/mol. The lowest BCUT2D eigenvalue weighted by molar-refractivity contribution is -0.139. The number of carbonyl (C=O) groups excluding carboxylic acids is 1. The summed E-state index contributed by atoms with van der Waals surface area (Å²) in [5.74, 6) is -1.21. The SMILES string of the molecule is C=C(C)C(=O)OCCCCCc1cccc2c(C)c(F)c(=O)oc12. The van der Waals surface area contributed by atoms with Crippen LogP contribution in [0.5, 0.6) is 0 Å². The number of para-hydroxylation sites is 1. The normalized spacial score (nSPS) is 10.8.